The van der Waals surface area contributed by atoms with Crippen molar-refractivity contribution in [3.63, 3.8) is 0 Å². The second-order valence-electron chi connectivity index (χ2n) is 7.04. The lowest BCUT2D eigenvalue weighted by molar-refractivity contribution is -0.117. The fourth-order valence-electron chi connectivity index (χ4n) is 3.61. The van der Waals surface area contributed by atoms with Gasteiger partial charge in [-0.05, 0) is 19.1 Å². The van der Waals surface area contributed by atoms with Crippen molar-refractivity contribution in [2.24, 2.45) is 7.05 Å². The Morgan fingerprint density at radius 1 is 1.21 bits per heavy atom. The lowest BCUT2D eigenvalue weighted by atomic mass is 10.3. The van der Waals surface area contributed by atoms with Gasteiger partial charge in [-0.15, -0.1) is 0 Å². The van der Waals surface area contributed by atoms with E-state index in [4.69, 9.17) is 11.6 Å². The number of imidazole rings is 1. The number of halogens is 1. The molecule has 0 amide bonds. The average molecular weight is 417 g/mol. The molecule has 1 aromatic carbocycles. The number of carbonyl (C=O) groups excluding carboxylic acids is 1. The number of hydrogen-bond acceptors (Lipinski definition) is 6. The van der Waals surface area contributed by atoms with Crippen molar-refractivity contribution in [1.29, 1.82) is 0 Å². The van der Waals surface area contributed by atoms with E-state index < -0.39 is 11.2 Å². The highest BCUT2D eigenvalue weighted by Crippen LogP contribution is 2.29. The Balaban J connectivity index is 2.12. The molecule has 1 fully saturated rings. The van der Waals surface area contributed by atoms with E-state index in [0.717, 1.165) is 17.7 Å². The predicted molar refractivity (Wildman–Crippen MR) is 111 cm³/mol. The molecule has 3 aromatic rings. The smallest absolute Gasteiger partial charge is 0.332 e. The molecular weight excluding hydrogens is 396 g/mol. The maximum Gasteiger partial charge on any atom is 0.332 e. The number of ketones is 1. The number of aromatic nitrogens is 4. The van der Waals surface area contributed by atoms with Crippen molar-refractivity contribution < 1.29 is 4.79 Å². The van der Waals surface area contributed by atoms with E-state index in [1.165, 1.54) is 11.5 Å². The third kappa shape index (κ3) is 3.26. The lowest BCUT2D eigenvalue weighted by Crippen LogP contribution is -2.44. The fraction of sp³-hybridized carbons (Fsp3) is 0.368. The number of Topliss-reactive ketones (excluding diaryl/α,β-unsaturated/α-hetero) is 1. The lowest BCUT2D eigenvalue weighted by Gasteiger charge is -2.28. The predicted octanol–water partition coefficient (Wildman–Crippen LogP) is 0.538. The molecule has 29 heavy (non-hydrogen) atoms. The van der Waals surface area contributed by atoms with Crippen molar-refractivity contribution in [3.8, 4) is 5.69 Å². The van der Waals surface area contributed by atoms with E-state index in [-0.39, 0.29) is 23.5 Å². The maximum absolute atomic E-state index is 13.3. The normalized spacial score (nSPS) is 14.5. The Bertz CT molecular complexity index is 1220. The third-order valence-electron chi connectivity index (χ3n) is 5.00. The van der Waals surface area contributed by atoms with E-state index in [9.17, 15) is 14.4 Å². The summed E-state index contributed by atoms with van der Waals surface area (Å²) in [6.07, 6.45) is 0. The van der Waals surface area contributed by atoms with Gasteiger partial charge in [-0.3, -0.25) is 23.3 Å². The number of nitrogens with zero attached hydrogens (tertiary/aromatic N) is 5. The molecule has 2 aromatic heterocycles. The van der Waals surface area contributed by atoms with Crippen LogP contribution in [0.2, 0.25) is 5.02 Å². The number of benzene rings is 1. The van der Waals surface area contributed by atoms with Gasteiger partial charge in [0.2, 0.25) is 5.95 Å². The highest BCUT2D eigenvalue weighted by molar-refractivity contribution is 6.32. The summed E-state index contributed by atoms with van der Waals surface area (Å²) in [4.78, 5) is 44.4. The molecule has 9 nitrogen and oxygen atoms in total. The minimum absolute atomic E-state index is 0.218. The van der Waals surface area contributed by atoms with Crippen molar-refractivity contribution >= 4 is 34.5 Å². The Morgan fingerprint density at radius 2 is 1.90 bits per heavy atom. The summed E-state index contributed by atoms with van der Waals surface area (Å²) in [7, 11) is 1.55. The van der Waals surface area contributed by atoms with Gasteiger partial charge in [-0.1, -0.05) is 23.7 Å². The first-order valence-electron chi connectivity index (χ1n) is 9.32. The standard InChI is InChI=1S/C19H21ClN6O3/c1-12(27)11-25-17(28)15-16(23(2)19(25)29)22-18(24-9-7-21-8-10-24)26(15)14-6-4-3-5-13(14)20/h3-6,21H,7-11H2,1-2H3. The van der Waals surface area contributed by atoms with Crippen LogP contribution in [0.4, 0.5) is 5.95 Å². The van der Waals surface area contributed by atoms with Crippen molar-refractivity contribution in [2.45, 2.75) is 13.5 Å². The van der Waals surface area contributed by atoms with Crippen LogP contribution < -0.4 is 21.5 Å². The summed E-state index contributed by atoms with van der Waals surface area (Å²) in [6, 6.07) is 7.17. The number of piperazine rings is 1. The summed E-state index contributed by atoms with van der Waals surface area (Å²) in [5.41, 5.74) is -0.0703. The van der Waals surface area contributed by atoms with E-state index in [1.807, 2.05) is 6.07 Å². The molecule has 4 rings (SSSR count). The molecule has 0 aliphatic carbocycles. The number of para-hydroxylation sites is 1. The van der Waals surface area contributed by atoms with E-state index >= 15 is 0 Å². The molecular formula is C19H21ClN6O3. The monoisotopic (exact) mass is 416 g/mol. The molecule has 1 aliphatic heterocycles. The van der Waals surface area contributed by atoms with Crippen LogP contribution in [0.15, 0.2) is 33.9 Å². The second-order valence-corrected chi connectivity index (χ2v) is 7.45. The summed E-state index contributed by atoms with van der Waals surface area (Å²) in [6.45, 7) is 4.00. The van der Waals surface area contributed by atoms with Crippen molar-refractivity contribution in [2.75, 3.05) is 31.1 Å². The van der Waals surface area contributed by atoms with Crippen LogP contribution in [-0.4, -0.2) is 50.6 Å². The molecule has 0 atom stereocenters. The molecule has 0 bridgehead atoms. The minimum Gasteiger partial charge on any atom is -0.339 e. The minimum atomic E-state index is -0.576. The molecule has 10 heteroatoms. The van der Waals surface area contributed by atoms with Crippen molar-refractivity contribution in [3.05, 3.63) is 50.1 Å². The Hall–Kier alpha value is -2.91. The number of anilines is 1. The van der Waals surface area contributed by atoms with Crippen LogP contribution in [0.1, 0.15) is 6.92 Å². The zero-order chi connectivity index (χ0) is 20.7. The molecule has 0 spiro atoms. The van der Waals surface area contributed by atoms with Gasteiger partial charge in [0, 0.05) is 33.2 Å². The van der Waals surface area contributed by atoms with E-state index in [2.05, 4.69) is 15.2 Å². The average Bonchev–Trinajstić information content (AvgIpc) is 3.11. The van der Waals surface area contributed by atoms with Crippen LogP contribution in [-0.2, 0) is 18.4 Å². The summed E-state index contributed by atoms with van der Waals surface area (Å²) in [5, 5.41) is 3.74. The summed E-state index contributed by atoms with van der Waals surface area (Å²) in [5.74, 6) is 0.261. The van der Waals surface area contributed by atoms with Gasteiger partial charge in [0.15, 0.2) is 11.2 Å². The van der Waals surface area contributed by atoms with Gasteiger partial charge in [-0.2, -0.15) is 4.98 Å². The number of aryl methyl sites for hydroxylation is 1. The van der Waals surface area contributed by atoms with Gasteiger partial charge < -0.3 is 10.2 Å². The summed E-state index contributed by atoms with van der Waals surface area (Å²) >= 11 is 6.46. The molecule has 1 saturated heterocycles. The van der Waals surface area contributed by atoms with E-state index in [0.29, 0.717) is 29.7 Å². The highest BCUT2D eigenvalue weighted by atomic mass is 35.5. The molecule has 152 valence electrons. The first kappa shape index (κ1) is 19.4. The van der Waals surface area contributed by atoms with Gasteiger partial charge in [0.1, 0.15) is 5.78 Å². The molecule has 1 aliphatic rings. The van der Waals surface area contributed by atoms with Crippen LogP contribution in [0.25, 0.3) is 16.9 Å². The summed E-state index contributed by atoms with van der Waals surface area (Å²) < 4.78 is 3.95. The van der Waals surface area contributed by atoms with Gasteiger partial charge in [0.05, 0.1) is 17.3 Å². The van der Waals surface area contributed by atoms with Gasteiger partial charge >= 0.3 is 5.69 Å². The number of fused-ring (bicyclic) bond motifs is 1. The zero-order valence-corrected chi connectivity index (χ0v) is 16.9. The maximum atomic E-state index is 13.3. The molecule has 0 saturated carbocycles. The van der Waals surface area contributed by atoms with Crippen LogP contribution >= 0.6 is 11.6 Å². The topological polar surface area (TPSA) is 94.2 Å². The molecule has 0 radical (unpaired) electrons. The van der Waals surface area contributed by atoms with Crippen LogP contribution in [0.5, 0.6) is 0 Å². The van der Waals surface area contributed by atoms with Gasteiger partial charge in [-0.25, -0.2) is 4.79 Å². The molecule has 0 unspecified atom stereocenters. The Labute approximate surface area is 171 Å². The SMILES string of the molecule is CC(=O)Cn1c(=O)c2c(nc(N3CCNCC3)n2-c2ccccc2Cl)n(C)c1=O. The number of nitrogens with one attached hydrogen (secondary N) is 1. The van der Waals surface area contributed by atoms with Gasteiger partial charge in [0.25, 0.3) is 5.56 Å². The first-order chi connectivity index (χ1) is 13.9. The largest absolute Gasteiger partial charge is 0.339 e. The molecule has 3 heterocycles. The van der Waals surface area contributed by atoms with Crippen molar-refractivity contribution in [1.82, 2.24) is 24.0 Å². The van der Waals surface area contributed by atoms with Crippen LogP contribution in [0, 0.1) is 0 Å². The number of hydrogen-bond donors (Lipinski definition) is 1. The third-order valence-corrected chi connectivity index (χ3v) is 5.32. The van der Waals surface area contributed by atoms with E-state index in [1.54, 1.807) is 29.8 Å². The number of carbonyl (C=O) groups is 1. The molecule has 1 N–H and O–H groups in total. The first-order valence-corrected chi connectivity index (χ1v) is 9.70. The zero-order valence-electron chi connectivity index (χ0n) is 16.2. The Morgan fingerprint density at radius 3 is 2.55 bits per heavy atom. The second kappa shape index (κ2) is 7.49. The Kier molecular flexibility index (Phi) is 5.01. The van der Waals surface area contributed by atoms with Crippen LogP contribution in [0.3, 0.4) is 0 Å². The highest BCUT2D eigenvalue weighted by Gasteiger charge is 2.26. The quantitative estimate of drug-likeness (QED) is 0.667. The fourth-order valence-corrected chi connectivity index (χ4v) is 3.83. The number of rotatable bonds is 4.